The van der Waals surface area contributed by atoms with Gasteiger partial charge in [0, 0.05) is 24.4 Å². The first-order valence-electron chi connectivity index (χ1n) is 12.4. The van der Waals surface area contributed by atoms with E-state index in [4.69, 9.17) is 0 Å². The van der Waals surface area contributed by atoms with Crippen LogP contribution in [0, 0.1) is 13.8 Å². The predicted molar refractivity (Wildman–Crippen MR) is 125 cm³/mol. The molecule has 0 aliphatic rings. The lowest BCUT2D eigenvalue weighted by molar-refractivity contribution is 0.527. The number of pyridine rings is 1. The van der Waals surface area contributed by atoms with E-state index in [2.05, 4.69) is 43.2 Å². The van der Waals surface area contributed by atoms with Crippen LogP contribution in [-0.4, -0.2) is 18.1 Å². The van der Waals surface area contributed by atoms with Gasteiger partial charge in [0.2, 0.25) is 0 Å². The van der Waals surface area contributed by atoms with Crippen molar-refractivity contribution in [3.63, 3.8) is 0 Å². The lowest BCUT2D eigenvalue weighted by atomic mass is 10.0. The Morgan fingerprint density at radius 2 is 1.14 bits per heavy atom. The molecule has 1 aromatic heterocycles. The van der Waals surface area contributed by atoms with Gasteiger partial charge in [0.25, 0.3) is 0 Å². The van der Waals surface area contributed by atoms with Crippen molar-refractivity contribution in [1.29, 1.82) is 0 Å². The minimum atomic E-state index is 1.04. The maximum absolute atomic E-state index is 4.61. The molecule has 0 spiro atoms. The summed E-state index contributed by atoms with van der Waals surface area (Å²) in [5.74, 6) is 0. The lowest BCUT2D eigenvalue weighted by Crippen LogP contribution is -2.19. The predicted octanol–water partition coefficient (Wildman–Crippen LogP) is 7.70. The Balaban J connectivity index is 1.76. The lowest BCUT2D eigenvalue weighted by Gasteiger charge is -2.06. The number of aryl methyl sites for hydroxylation is 2. The smallest absolute Gasteiger partial charge is 0.0422 e. The van der Waals surface area contributed by atoms with Crippen molar-refractivity contribution in [2.75, 3.05) is 13.1 Å². The van der Waals surface area contributed by atoms with Crippen LogP contribution in [0.5, 0.6) is 0 Å². The number of unbranched alkanes of at least 4 members (excludes halogenated alkanes) is 14. The molecule has 0 bridgehead atoms. The fraction of sp³-hybridized carbons (Fsp3) is 0.808. The molecule has 0 aromatic carbocycles. The highest BCUT2D eigenvalue weighted by atomic mass is 14.8. The van der Waals surface area contributed by atoms with Crippen molar-refractivity contribution in [3.8, 4) is 0 Å². The third-order valence-electron chi connectivity index (χ3n) is 5.67. The van der Waals surface area contributed by atoms with Gasteiger partial charge in [0.05, 0.1) is 0 Å². The van der Waals surface area contributed by atoms with E-state index in [1.54, 1.807) is 0 Å². The van der Waals surface area contributed by atoms with Crippen molar-refractivity contribution in [3.05, 3.63) is 29.1 Å². The van der Waals surface area contributed by atoms with Crippen LogP contribution in [0.4, 0.5) is 0 Å². The number of aromatic nitrogens is 1. The number of rotatable bonds is 19. The van der Waals surface area contributed by atoms with Gasteiger partial charge < -0.3 is 5.32 Å². The third kappa shape index (κ3) is 15.1. The summed E-state index contributed by atoms with van der Waals surface area (Å²) in [7, 11) is 0. The van der Waals surface area contributed by atoms with Crippen LogP contribution in [0.25, 0.3) is 0 Å². The summed E-state index contributed by atoms with van der Waals surface area (Å²) < 4.78 is 0. The summed E-state index contributed by atoms with van der Waals surface area (Å²) in [6, 6.07) is 4.36. The van der Waals surface area contributed by atoms with E-state index >= 15 is 0 Å². The molecule has 0 saturated heterocycles. The molecule has 28 heavy (non-hydrogen) atoms. The quantitative estimate of drug-likeness (QED) is 0.245. The van der Waals surface area contributed by atoms with Crippen LogP contribution in [0.1, 0.15) is 120 Å². The van der Waals surface area contributed by atoms with E-state index in [9.17, 15) is 0 Å². The van der Waals surface area contributed by atoms with Crippen molar-refractivity contribution in [1.82, 2.24) is 10.3 Å². The van der Waals surface area contributed by atoms with Gasteiger partial charge in [0.1, 0.15) is 0 Å². The maximum atomic E-state index is 4.61. The molecule has 0 saturated carbocycles. The first-order valence-corrected chi connectivity index (χ1v) is 12.4. The molecule has 0 aliphatic heterocycles. The summed E-state index contributed by atoms with van der Waals surface area (Å²) in [6.07, 6.45) is 22.5. The molecule has 2 heteroatoms. The number of nitrogens with zero attached hydrogens (tertiary/aromatic N) is 1. The highest BCUT2D eigenvalue weighted by Crippen LogP contribution is 2.13. The van der Waals surface area contributed by atoms with Crippen LogP contribution in [0.15, 0.2) is 12.1 Å². The standard InChI is InChI=1S/C26H48N2/c1-4-5-6-7-8-9-10-11-12-13-14-15-16-17-18-20-27-21-19-26-23-24(2)22-25(3)28-26/h22-23,27H,4-21H2,1-3H3. The van der Waals surface area contributed by atoms with Gasteiger partial charge >= 0.3 is 0 Å². The summed E-state index contributed by atoms with van der Waals surface area (Å²) in [4.78, 5) is 4.61. The van der Waals surface area contributed by atoms with E-state index in [1.165, 1.54) is 108 Å². The molecule has 1 N–H and O–H groups in total. The fourth-order valence-electron chi connectivity index (χ4n) is 4.02. The van der Waals surface area contributed by atoms with Gasteiger partial charge in [0.15, 0.2) is 0 Å². The first-order chi connectivity index (χ1) is 13.7. The molecule has 0 amide bonds. The van der Waals surface area contributed by atoms with Gasteiger partial charge in [-0.25, -0.2) is 0 Å². The Bertz CT molecular complexity index is 449. The molecular formula is C26H48N2. The van der Waals surface area contributed by atoms with Crippen LogP contribution in [0.2, 0.25) is 0 Å². The van der Waals surface area contributed by atoms with Crippen LogP contribution >= 0.6 is 0 Å². The van der Waals surface area contributed by atoms with E-state index < -0.39 is 0 Å². The Hall–Kier alpha value is -0.890. The highest BCUT2D eigenvalue weighted by molar-refractivity contribution is 5.19. The Labute approximate surface area is 176 Å². The largest absolute Gasteiger partial charge is 0.316 e. The second kappa shape index (κ2) is 18.2. The molecule has 0 aliphatic carbocycles. The number of hydrogen-bond donors (Lipinski definition) is 1. The second-order valence-electron chi connectivity index (χ2n) is 8.73. The number of hydrogen-bond acceptors (Lipinski definition) is 2. The van der Waals surface area contributed by atoms with E-state index in [-0.39, 0.29) is 0 Å². The summed E-state index contributed by atoms with van der Waals surface area (Å²) in [5, 5.41) is 3.58. The topological polar surface area (TPSA) is 24.9 Å². The van der Waals surface area contributed by atoms with Gasteiger partial charge in [-0.1, -0.05) is 96.8 Å². The average molecular weight is 389 g/mol. The summed E-state index contributed by atoms with van der Waals surface area (Å²) >= 11 is 0. The normalized spacial score (nSPS) is 11.2. The third-order valence-corrected chi connectivity index (χ3v) is 5.67. The zero-order chi connectivity index (χ0) is 20.3. The molecule has 0 radical (unpaired) electrons. The number of nitrogens with one attached hydrogen (secondary N) is 1. The monoisotopic (exact) mass is 388 g/mol. The molecular weight excluding hydrogens is 340 g/mol. The van der Waals surface area contributed by atoms with Crippen LogP contribution in [-0.2, 0) is 6.42 Å². The van der Waals surface area contributed by atoms with Gasteiger partial charge in [-0.15, -0.1) is 0 Å². The first kappa shape index (κ1) is 25.1. The minimum Gasteiger partial charge on any atom is -0.316 e. The Kier molecular flexibility index (Phi) is 16.3. The van der Waals surface area contributed by atoms with E-state index in [0.717, 1.165) is 25.2 Å². The fourth-order valence-corrected chi connectivity index (χ4v) is 4.02. The van der Waals surface area contributed by atoms with Gasteiger partial charge in [-0.3, -0.25) is 4.98 Å². The average Bonchev–Trinajstić information content (AvgIpc) is 2.66. The van der Waals surface area contributed by atoms with Crippen molar-refractivity contribution in [2.24, 2.45) is 0 Å². The molecule has 1 aromatic rings. The van der Waals surface area contributed by atoms with E-state index in [1.807, 2.05) is 0 Å². The zero-order valence-electron chi connectivity index (χ0n) is 19.3. The molecule has 2 nitrogen and oxygen atoms in total. The van der Waals surface area contributed by atoms with Crippen molar-refractivity contribution in [2.45, 2.75) is 124 Å². The molecule has 162 valence electrons. The second-order valence-corrected chi connectivity index (χ2v) is 8.73. The summed E-state index contributed by atoms with van der Waals surface area (Å²) in [6.45, 7) is 8.74. The van der Waals surface area contributed by atoms with Crippen molar-refractivity contribution >= 4 is 0 Å². The van der Waals surface area contributed by atoms with Crippen LogP contribution < -0.4 is 5.32 Å². The maximum Gasteiger partial charge on any atom is 0.0422 e. The van der Waals surface area contributed by atoms with Gasteiger partial charge in [-0.05, 0) is 44.5 Å². The zero-order valence-corrected chi connectivity index (χ0v) is 19.3. The van der Waals surface area contributed by atoms with Crippen molar-refractivity contribution < 1.29 is 0 Å². The molecule has 0 unspecified atom stereocenters. The van der Waals surface area contributed by atoms with Crippen LogP contribution in [0.3, 0.4) is 0 Å². The Morgan fingerprint density at radius 3 is 1.64 bits per heavy atom. The van der Waals surface area contributed by atoms with E-state index in [0.29, 0.717) is 0 Å². The summed E-state index contributed by atoms with van der Waals surface area (Å²) in [5.41, 5.74) is 3.68. The molecule has 0 atom stereocenters. The minimum absolute atomic E-state index is 1.04. The molecule has 0 fully saturated rings. The molecule has 1 heterocycles. The Morgan fingerprint density at radius 1 is 0.643 bits per heavy atom. The SMILES string of the molecule is CCCCCCCCCCCCCCCCCNCCc1cc(C)cc(C)n1. The molecule has 1 rings (SSSR count). The van der Waals surface area contributed by atoms with Gasteiger partial charge in [-0.2, -0.15) is 0 Å². The highest BCUT2D eigenvalue weighted by Gasteiger charge is 1.98.